The first-order valence-electron chi connectivity index (χ1n) is 11.6. The van der Waals surface area contributed by atoms with Gasteiger partial charge in [-0.3, -0.25) is 14.2 Å². The highest BCUT2D eigenvalue weighted by Gasteiger charge is 2.21. The normalized spacial score (nSPS) is 15.6. The van der Waals surface area contributed by atoms with Crippen LogP contribution in [-0.2, 0) is 16.1 Å². The summed E-state index contributed by atoms with van der Waals surface area (Å²) in [5.74, 6) is 1.26. The van der Waals surface area contributed by atoms with Crippen LogP contribution in [0.15, 0.2) is 29.5 Å². The smallest absolute Gasteiger partial charge is 0.283 e. The number of nitrogen functional groups attached to an aromatic ring is 1. The molecule has 4 heterocycles. The minimum absolute atomic E-state index is 0.0102. The standard InChI is InChI=1S/C23H26N8O5/c1-34-19-16(36-9-2-6-30-8-10-35-13-17(30)32)4-3-15-18(19)28-23(31-7-5-25-20(15)31)29-21(33)14-11-26-22(24)27-12-14/h3-4,11-12,25H,2,5-10,13H2,1H3,(H2,24,26,27). The number of rotatable bonds is 7. The van der Waals surface area contributed by atoms with Crippen LogP contribution >= 0.6 is 0 Å². The summed E-state index contributed by atoms with van der Waals surface area (Å²) in [7, 11) is 1.54. The number of carbonyl (C=O) groups excluding carboxylic acids is 2. The van der Waals surface area contributed by atoms with Crippen LogP contribution in [-0.4, -0.2) is 82.8 Å². The molecule has 3 aromatic rings. The van der Waals surface area contributed by atoms with Crippen molar-refractivity contribution < 1.29 is 23.8 Å². The maximum absolute atomic E-state index is 12.8. The molecule has 0 bridgehead atoms. The second-order valence-electron chi connectivity index (χ2n) is 8.21. The molecular formula is C23H26N8O5. The molecule has 0 radical (unpaired) electrons. The largest absolute Gasteiger partial charge is 0.491 e. The lowest BCUT2D eigenvalue weighted by Crippen LogP contribution is -2.42. The second kappa shape index (κ2) is 10.2. The predicted octanol–water partition coefficient (Wildman–Crippen LogP) is 0.211. The summed E-state index contributed by atoms with van der Waals surface area (Å²) in [4.78, 5) is 43.0. The number of methoxy groups -OCH3 is 1. The zero-order valence-electron chi connectivity index (χ0n) is 19.8. The van der Waals surface area contributed by atoms with Gasteiger partial charge in [-0.05, 0) is 18.6 Å². The Morgan fingerprint density at radius 2 is 2.11 bits per heavy atom. The molecule has 5 rings (SSSR count). The zero-order chi connectivity index (χ0) is 25.1. The number of ether oxygens (including phenoxy) is 3. The molecular weight excluding hydrogens is 468 g/mol. The van der Waals surface area contributed by atoms with E-state index in [1.54, 1.807) is 4.90 Å². The number of carbonyl (C=O) groups is 2. The molecule has 0 atom stereocenters. The van der Waals surface area contributed by atoms with Gasteiger partial charge in [-0.15, -0.1) is 0 Å². The number of hydrogen-bond donors (Lipinski definition) is 2. The average Bonchev–Trinajstić information content (AvgIpc) is 3.38. The monoisotopic (exact) mass is 494 g/mol. The van der Waals surface area contributed by atoms with E-state index in [4.69, 9.17) is 19.9 Å². The highest BCUT2D eigenvalue weighted by atomic mass is 16.5. The van der Waals surface area contributed by atoms with Crippen molar-refractivity contribution in [1.82, 2.24) is 24.4 Å². The maximum atomic E-state index is 12.8. The quantitative estimate of drug-likeness (QED) is 0.435. The zero-order valence-corrected chi connectivity index (χ0v) is 19.8. The fourth-order valence-corrected chi connectivity index (χ4v) is 4.17. The van der Waals surface area contributed by atoms with Gasteiger partial charge in [0.2, 0.25) is 17.5 Å². The van der Waals surface area contributed by atoms with Gasteiger partial charge in [0.05, 0.1) is 25.9 Å². The first kappa shape index (κ1) is 23.5. The molecule has 1 fully saturated rings. The number of aromatic nitrogens is 4. The summed E-state index contributed by atoms with van der Waals surface area (Å²) < 4.78 is 18.7. The number of nitrogens with zero attached hydrogens (tertiary/aromatic N) is 6. The summed E-state index contributed by atoms with van der Waals surface area (Å²) in [6, 6.07) is 3.73. The van der Waals surface area contributed by atoms with Crippen molar-refractivity contribution in [3.05, 3.63) is 35.7 Å². The Morgan fingerprint density at radius 1 is 1.28 bits per heavy atom. The number of morpholine rings is 1. The van der Waals surface area contributed by atoms with E-state index in [0.717, 1.165) is 11.2 Å². The highest BCUT2D eigenvalue weighted by Crippen LogP contribution is 2.37. The van der Waals surface area contributed by atoms with E-state index in [1.165, 1.54) is 19.5 Å². The number of anilines is 2. The molecule has 1 saturated heterocycles. The first-order valence-corrected chi connectivity index (χ1v) is 11.6. The van der Waals surface area contributed by atoms with Crippen molar-refractivity contribution >= 4 is 34.5 Å². The van der Waals surface area contributed by atoms with Crippen LogP contribution in [0.3, 0.4) is 0 Å². The Balaban J connectivity index is 1.43. The van der Waals surface area contributed by atoms with Gasteiger partial charge in [-0.1, -0.05) is 0 Å². The molecule has 13 nitrogen and oxygen atoms in total. The number of hydrogen-bond acceptors (Lipinski definition) is 10. The predicted molar refractivity (Wildman–Crippen MR) is 129 cm³/mol. The topological polar surface area (TPSA) is 159 Å². The van der Waals surface area contributed by atoms with Gasteiger partial charge in [0.1, 0.15) is 17.9 Å². The molecule has 188 valence electrons. The lowest BCUT2D eigenvalue weighted by Gasteiger charge is -2.26. The Kier molecular flexibility index (Phi) is 6.62. The van der Waals surface area contributed by atoms with Gasteiger partial charge in [-0.25, -0.2) is 15.0 Å². The molecule has 2 aliphatic heterocycles. The fourth-order valence-electron chi connectivity index (χ4n) is 4.17. The van der Waals surface area contributed by atoms with Gasteiger partial charge in [0.25, 0.3) is 5.91 Å². The van der Waals surface area contributed by atoms with Gasteiger partial charge >= 0.3 is 0 Å². The van der Waals surface area contributed by atoms with Crippen LogP contribution in [0.5, 0.6) is 11.5 Å². The molecule has 36 heavy (non-hydrogen) atoms. The van der Waals surface area contributed by atoms with E-state index < -0.39 is 5.91 Å². The van der Waals surface area contributed by atoms with Crippen molar-refractivity contribution in [3.63, 3.8) is 0 Å². The van der Waals surface area contributed by atoms with Crippen LogP contribution in [0, 0.1) is 0 Å². The summed E-state index contributed by atoms with van der Waals surface area (Å²) >= 11 is 0. The maximum Gasteiger partial charge on any atom is 0.283 e. The third-order valence-electron chi connectivity index (χ3n) is 5.94. The fraction of sp³-hybridized carbons (Fsp3) is 0.391. The van der Waals surface area contributed by atoms with Crippen LogP contribution in [0.1, 0.15) is 16.8 Å². The van der Waals surface area contributed by atoms with E-state index >= 15 is 0 Å². The molecule has 0 saturated carbocycles. The van der Waals surface area contributed by atoms with E-state index in [1.807, 2.05) is 16.7 Å². The molecule has 0 spiro atoms. The average molecular weight is 495 g/mol. The van der Waals surface area contributed by atoms with Gasteiger partial charge < -0.3 is 30.2 Å². The van der Waals surface area contributed by atoms with E-state index in [9.17, 15) is 9.59 Å². The number of amides is 2. The number of fused-ring (bicyclic) bond motifs is 3. The second-order valence-corrected chi connectivity index (χ2v) is 8.21. The molecule has 2 amide bonds. The third kappa shape index (κ3) is 4.64. The number of nitrogens with one attached hydrogen (secondary N) is 1. The number of nitrogens with two attached hydrogens (primary N) is 1. The summed E-state index contributed by atoms with van der Waals surface area (Å²) in [6.45, 7) is 3.51. The van der Waals surface area contributed by atoms with Crippen molar-refractivity contribution in [2.24, 2.45) is 4.99 Å². The van der Waals surface area contributed by atoms with E-state index in [2.05, 4.69) is 25.3 Å². The minimum Gasteiger partial charge on any atom is -0.491 e. The van der Waals surface area contributed by atoms with Crippen molar-refractivity contribution in [1.29, 1.82) is 0 Å². The third-order valence-corrected chi connectivity index (χ3v) is 5.94. The molecule has 2 aromatic heterocycles. The summed E-state index contributed by atoms with van der Waals surface area (Å²) in [5.41, 5.74) is 6.46. The molecule has 3 N–H and O–H groups in total. The summed E-state index contributed by atoms with van der Waals surface area (Å²) in [6.07, 6.45) is 3.31. The van der Waals surface area contributed by atoms with Crippen molar-refractivity contribution in [3.8, 4) is 11.5 Å². The molecule has 1 aromatic carbocycles. The number of benzene rings is 1. The molecule has 13 heteroatoms. The van der Waals surface area contributed by atoms with Gasteiger partial charge in [0, 0.05) is 44.0 Å². The SMILES string of the molecule is COc1c(OCCCN2CCOCC2=O)ccc2c3n(c(=NC(=O)c4cnc(N)nc4)nc12)CCN3. The summed E-state index contributed by atoms with van der Waals surface area (Å²) in [5, 5.41) is 4.15. The minimum atomic E-state index is -0.535. The van der Waals surface area contributed by atoms with Crippen LogP contribution < -0.4 is 26.1 Å². The Bertz CT molecular complexity index is 1370. The lowest BCUT2D eigenvalue weighted by atomic mass is 10.2. The molecule has 0 aliphatic carbocycles. The van der Waals surface area contributed by atoms with Crippen molar-refractivity contribution in [2.45, 2.75) is 13.0 Å². The molecule has 2 aliphatic rings. The Morgan fingerprint density at radius 3 is 2.89 bits per heavy atom. The Labute approximate surface area is 205 Å². The first-order chi connectivity index (χ1) is 17.5. The Hall–Kier alpha value is -4.26. The molecule has 0 unspecified atom stereocenters. The van der Waals surface area contributed by atoms with Gasteiger partial charge in [0.15, 0.2) is 11.5 Å². The van der Waals surface area contributed by atoms with Crippen LogP contribution in [0.4, 0.5) is 11.8 Å². The lowest BCUT2D eigenvalue weighted by molar-refractivity contribution is -0.142. The van der Waals surface area contributed by atoms with Crippen LogP contribution in [0.25, 0.3) is 10.9 Å². The van der Waals surface area contributed by atoms with Crippen molar-refractivity contribution in [2.75, 3.05) is 57.6 Å². The highest BCUT2D eigenvalue weighted by molar-refractivity contribution is 5.96. The van der Waals surface area contributed by atoms with Crippen LogP contribution in [0.2, 0.25) is 0 Å². The van der Waals surface area contributed by atoms with Gasteiger partial charge in [-0.2, -0.15) is 4.99 Å². The van der Waals surface area contributed by atoms with E-state index in [-0.39, 0.29) is 29.6 Å². The van der Waals surface area contributed by atoms with E-state index in [0.29, 0.717) is 62.8 Å².